The fraction of sp³-hybridized carbons (Fsp3) is 0.316. The van der Waals surface area contributed by atoms with E-state index >= 15 is 0 Å². The first-order valence-electron chi connectivity index (χ1n) is 16.0. The lowest BCUT2D eigenvalue weighted by atomic mass is 10.0. The number of nitrogens with zero attached hydrogens (tertiary/aromatic N) is 2. The fourth-order valence-electron chi connectivity index (χ4n) is 5.15. The summed E-state index contributed by atoms with van der Waals surface area (Å²) in [5.41, 5.74) is 2.65. The second kappa shape index (κ2) is 14.3. The number of carbonyl (C=O) groups is 4. The van der Waals surface area contributed by atoms with Gasteiger partial charge in [0.2, 0.25) is 0 Å². The van der Waals surface area contributed by atoms with Gasteiger partial charge in [-0.2, -0.15) is 0 Å². The average Bonchev–Trinajstić information content (AvgIpc) is 3.05. The Morgan fingerprint density at radius 1 is 0.680 bits per heavy atom. The number of carbonyl (C=O) groups excluding carboxylic acids is 4. The number of sulfone groups is 1. The molecule has 2 aliphatic heterocycles. The number of aromatic nitrogens is 2. The Balaban J connectivity index is 0.000000195. The van der Waals surface area contributed by atoms with Crippen LogP contribution in [0.15, 0.2) is 82.6 Å². The van der Waals surface area contributed by atoms with E-state index in [4.69, 9.17) is 9.47 Å². The summed E-state index contributed by atoms with van der Waals surface area (Å²) in [6.07, 6.45) is 0.538. The molecule has 2 aromatic carbocycles. The highest BCUT2D eigenvalue weighted by Gasteiger charge is 2.29. The van der Waals surface area contributed by atoms with E-state index < -0.39 is 33.0 Å². The summed E-state index contributed by atoms with van der Waals surface area (Å²) in [5.74, 6) is -0.374. The molecule has 0 aliphatic carbocycles. The first kappa shape index (κ1) is 36.6. The molecule has 4 aromatic rings. The van der Waals surface area contributed by atoms with Gasteiger partial charge in [0.25, 0.3) is 0 Å². The lowest BCUT2D eigenvalue weighted by Crippen LogP contribution is -2.24. The minimum atomic E-state index is -3.43. The quantitative estimate of drug-likeness (QED) is 0.194. The maximum Gasteiger partial charge on any atom is 0.357 e. The van der Waals surface area contributed by atoms with E-state index in [0.717, 1.165) is 21.8 Å². The van der Waals surface area contributed by atoms with Crippen LogP contribution < -0.4 is 0 Å². The number of Topliss-reactive ketones (excluding diaryl/α,β-unsaturated/α-hetero) is 2. The van der Waals surface area contributed by atoms with E-state index in [-0.39, 0.29) is 45.6 Å². The number of rotatable bonds is 4. The number of fused-ring (bicyclic) bond motifs is 2. The molecule has 0 bridgehead atoms. The van der Waals surface area contributed by atoms with E-state index in [0.29, 0.717) is 23.4 Å². The molecule has 0 amide bonds. The molecule has 0 spiro atoms. The number of ketones is 2. The Bertz CT molecular complexity index is 2110. The molecule has 10 nitrogen and oxygen atoms in total. The smallest absolute Gasteiger partial charge is 0.357 e. The van der Waals surface area contributed by atoms with Crippen LogP contribution in [0.5, 0.6) is 0 Å². The lowest BCUT2D eigenvalue weighted by Gasteiger charge is -2.19. The topological polar surface area (TPSA) is 147 Å². The van der Waals surface area contributed by atoms with Gasteiger partial charge in [0.05, 0.1) is 22.0 Å². The van der Waals surface area contributed by atoms with Crippen molar-refractivity contribution in [3.05, 3.63) is 95.3 Å². The van der Waals surface area contributed by atoms with Gasteiger partial charge < -0.3 is 9.47 Å². The third-order valence-corrected chi connectivity index (χ3v) is 10.2. The largest absolute Gasteiger partial charge is 0.455 e. The van der Waals surface area contributed by atoms with Crippen molar-refractivity contribution in [2.45, 2.75) is 75.4 Å². The Morgan fingerprint density at radius 3 is 1.72 bits per heavy atom. The molecule has 50 heavy (non-hydrogen) atoms. The number of thioether (sulfide) groups is 1. The normalized spacial score (nSPS) is 15.2. The molecule has 6 rings (SSSR count). The molecule has 0 radical (unpaired) electrons. The molecule has 12 heteroatoms. The van der Waals surface area contributed by atoms with Gasteiger partial charge >= 0.3 is 11.9 Å². The van der Waals surface area contributed by atoms with Gasteiger partial charge in [0.15, 0.2) is 21.4 Å². The van der Waals surface area contributed by atoms with Crippen molar-refractivity contribution in [2.24, 2.45) is 0 Å². The predicted molar refractivity (Wildman–Crippen MR) is 190 cm³/mol. The molecule has 0 saturated heterocycles. The Labute approximate surface area is 295 Å². The summed E-state index contributed by atoms with van der Waals surface area (Å²) >= 11 is 1.70. The summed E-state index contributed by atoms with van der Waals surface area (Å²) in [6.45, 7) is 10.8. The first-order chi connectivity index (χ1) is 23.4. The zero-order chi connectivity index (χ0) is 36.4. The van der Waals surface area contributed by atoms with Crippen LogP contribution in [0, 0.1) is 0 Å². The molecular formula is C38H38N2O8S2. The maximum absolute atomic E-state index is 12.2. The standard InChI is InChI=1S/C19H19NO5S.C19H19NO3S/c1-19(2,3)25-18(22)15-6-4-5-14(20-15)12-7-8-17-13(11-12)16(21)9-10-26(17,23)24;1-19(2,3)23-18(22)15-6-4-5-14(20-15)12-7-8-17-13(11-12)16(21)9-10-24-17/h4-8,11H,9-10H2,1-3H3;4-8,11H,9-10H2,1-3H3. The maximum atomic E-state index is 12.2. The highest BCUT2D eigenvalue weighted by atomic mass is 32.2. The van der Waals surface area contributed by atoms with Gasteiger partial charge in [-0.3, -0.25) is 9.59 Å². The molecule has 4 heterocycles. The molecule has 2 aromatic heterocycles. The van der Waals surface area contributed by atoms with Crippen LogP contribution >= 0.6 is 11.8 Å². The van der Waals surface area contributed by atoms with Crippen molar-refractivity contribution in [2.75, 3.05) is 11.5 Å². The molecule has 0 saturated carbocycles. The monoisotopic (exact) mass is 714 g/mol. The van der Waals surface area contributed by atoms with Crippen LogP contribution in [0.2, 0.25) is 0 Å². The van der Waals surface area contributed by atoms with Crippen LogP contribution in [-0.4, -0.2) is 64.6 Å². The van der Waals surface area contributed by atoms with Gasteiger partial charge in [-0.1, -0.05) is 24.3 Å². The van der Waals surface area contributed by atoms with Crippen LogP contribution in [0.25, 0.3) is 22.5 Å². The van der Waals surface area contributed by atoms with Crippen molar-refractivity contribution in [3.63, 3.8) is 0 Å². The van der Waals surface area contributed by atoms with Gasteiger partial charge in [-0.25, -0.2) is 28.0 Å². The predicted octanol–water partition coefficient (Wildman–Crippen LogP) is 7.45. The van der Waals surface area contributed by atoms with Gasteiger partial charge in [-0.15, -0.1) is 11.8 Å². The molecular weight excluding hydrogens is 677 g/mol. The number of esters is 2. The SMILES string of the molecule is CC(C)(C)OC(=O)c1cccc(-c2ccc3c(c2)C(=O)CCS3(=O)=O)n1.CC(C)(C)OC(=O)c1cccc(-c2ccc3c(c2)C(=O)CCS3)n1. The van der Waals surface area contributed by atoms with Gasteiger partial charge in [0, 0.05) is 45.7 Å². The summed E-state index contributed by atoms with van der Waals surface area (Å²) in [5, 5.41) is 0. The lowest BCUT2D eigenvalue weighted by molar-refractivity contribution is 0.00507. The van der Waals surface area contributed by atoms with Crippen LogP contribution in [0.4, 0.5) is 0 Å². The average molecular weight is 715 g/mol. The summed E-state index contributed by atoms with van der Waals surface area (Å²) in [4.78, 5) is 58.4. The van der Waals surface area contributed by atoms with Gasteiger partial charge in [0.1, 0.15) is 22.6 Å². The minimum absolute atomic E-state index is 0.0236. The molecule has 0 fully saturated rings. The van der Waals surface area contributed by atoms with Gasteiger partial charge in [-0.05, 0) is 90.1 Å². The van der Waals surface area contributed by atoms with Crippen molar-refractivity contribution >= 4 is 45.1 Å². The molecule has 0 unspecified atom stereocenters. The zero-order valence-electron chi connectivity index (χ0n) is 28.7. The first-order valence-corrected chi connectivity index (χ1v) is 18.7. The summed E-state index contributed by atoms with van der Waals surface area (Å²) in [6, 6.07) is 20.4. The molecule has 0 N–H and O–H groups in total. The van der Waals surface area contributed by atoms with E-state index in [1.807, 2.05) is 45.0 Å². The van der Waals surface area contributed by atoms with Crippen molar-refractivity contribution in [1.29, 1.82) is 0 Å². The number of ether oxygens (including phenoxy) is 2. The molecule has 2 aliphatic rings. The summed E-state index contributed by atoms with van der Waals surface area (Å²) in [7, 11) is -3.43. The van der Waals surface area contributed by atoms with Crippen LogP contribution in [0.1, 0.15) is 96.1 Å². The van der Waals surface area contributed by atoms with E-state index in [2.05, 4.69) is 9.97 Å². The number of pyridine rings is 2. The van der Waals surface area contributed by atoms with Crippen LogP contribution in [0.3, 0.4) is 0 Å². The number of hydrogen-bond acceptors (Lipinski definition) is 11. The highest BCUT2D eigenvalue weighted by Crippen LogP contribution is 2.33. The Morgan fingerprint density at radius 2 is 1.18 bits per heavy atom. The second-order valence-electron chi connectivity index (χ2n) is 13.8. The third-order valence-electron chi connectivity index (χ3n) is 7.39. The Kier molecular flexibility index (Phi) is 10.5. The third kappa shape index (κ3) is 8.91. The van der Waals surface area contributed by atoms with Crippen LogP contribution in [-0.2, 0) is 19.3 Å². The highest BCUT2D eigenvalue weighted by molar-refractivity contribution is 7.99. The van der Waals surface area contributed by atoms with E-state index in [1.54, 1.807) is 68.9 Å². The zero-order valence-corrected chi connectivity index (χ0v) is 30.4. The van der Waals surface area contributed by atoms with E-state index in [1.165, 1.54) is 12.1 Å². The fourth-order valence-corrected chi connectivity index (χ4v) is 7.61. The van der Waals surface area contributed by atoms with Crippen molar-refractivity contribution in [1.82, 2.24) is 9.97 Å². The Hall–Kier alpha value is -4.68. The van der Waals surface area contributed by atoms with E-state index in [9.17, 15) is 27.6 Å². The minimum Gasteiger partial charge on any atom is -0.455 e. The second-order valence-corrected chi connectivity index (χ2v) is 17.0. The number of hydrogen-bond donors (Lipinski definition) is 0. The molecule has 260 valence electrons. The summed E-state index contributed by atoms with van der Waals surface area (Å²) < 4.78 is 34.9. The van der Waals surface area contributed by atoms with Crippen molar-refractivity contribution < 1.29 is 37.1 Å². The molecule has 0 atom stereocenters. The number of benzene rings is 2. The van der Waals surface area contributed by atoms with Crippen molar-refractivity contribution in [3.8, 4) is 22.5 Å².